The van der Waals surface area contributed by atoms with Crippen LogP contribution in [0.25, 0.3) is 10.8 Å². The van der Waals surface area contributed by atoms with Gasteiger partial charge in [0.15, 0.2) is 0 Å². The summed E-state index contributed by atoms with van der Waals surface area (Å²) in [5, 5.41) is 10.7. The molecule has 12 nitrogen and oxygen atoms in total. The van der Waals surface area contributed by atoms with Gasteiger partial charge in [-0.1, -0.05) is 43.0 Å². The Morgan fingerprint density at radius 1 is 1.16 bits per heavy atom. The van der Waals surface area contributed by atoms with Gasteiger partial charge in [0.25, 0.3) is 0 Å². The van der Waals surface area contributed by atoms with Crippen molar-refractivity contribution in [2.45, 2.75) is 63.6 Å². The number of carbonyl (C=O) groups is 3. The first-order valence-corrected chi connectivity index (χ1v) is 15.0. The molecule has 2 saturated heterocycles. The van der Waals surface area contributed by atoms with Crippen LogP contribution in [0.1, 0.15) is 51.0 Å². The van der Waals surface area contributed by atoms with Crippen molar-refractivity contribution in [1.82, 2.24) is 25.8 Å². The summed E-state index contributed by atoms with van der Waals surface area (Å²) in [6.07, 6.45) is 8.15. The number of methoxy groups -OCH3 is 1. The summed E-state index contributed by atoms with van der Waals surface area (Å²) < 4.78 is 5.64. The van der Waals surface area contributed by atoms with Crippen LogP contribution in [0.3, 0.4) is 0 Å². The molecule has 1 aromatic heterocycles. The lowest BCUT2D eigenvalue weighted by molar-refractivity contribution is -0.470. The Labute approximate surface area is 250 Å². The molecule has 3 aliphatic rings. The highest BCUT2D eigenvalue weighted by atomic mass is 16.5. The Morgan fingerprint density at radius 3 is 2.70 bits per heavy atom. The average Bonchev–Trinajstić information content (AvgIpc) is 3.72. The number of hydrogen-bond acceptors (Lipinski definition) is 8. The van der Waals surface area contributed by atoms with Crippen molar-refractivity contribution < 1.29 is 23.9 Å². The molecule has 0 radical (unpaired) electrons. The van der Waals surface area contributed by atoms with E-state index < -0.39 is 18.2 Å². The maximum Gasteiger partial charge on any atom is 0.407 e. The summed E-state index contributed by atoms with van der Waals surface area (Å²) in [5.74, 6) is 0.0841. The molecule has 5 rings (SSSR count). The van der Waals surface area contributed by atoms with Gasteiger partial charge in [-0.25, -0.2) is 4.79 Å². The number of benzene rings is 1. The number of alkyl carbamates (subject to hydrolysis) is 1. The summed E-state index contributed by atoms with van der Waals surface area (Å²) in [6, 6.07) is 6.69. The van der Waals surface area contributed by atoms with Gasteiger partial charge in [-0.3, -0.25) is 14.6 Å². The van der Waals surface area contributed by atoms with Crippen molar-refractivity contribution in [3.05, 3.63) is 53.1 Å². The first kappa shape index (κ1) is 30.3. The fraction of sp³-hybridized carbons (Fsp3) is 0.516. The van der Waals surface area contributed by atoms with Gasteiger partial charge in [0.2, 0.25) is 11.8 Å². The predicted octanol–water partition coefficient (Wildman–Crippen LogP) is 2.94. The third-order valence-electron chi connectivity index (χ3n) is 8.39. The number of likely N-dealkylation sites (tertiary alicyclic amines) is 1. The third-order valence-corrected chi connectivity index (χ3v) is 8.39. The van der Waals surface area contributed by atoms with E-state index in [4.69, 9.17) is 0 Å². The van der Waals surface area contributed by atoms with Crippen molar-refractivity contribution in [2.75, 3.05) is 33.3 Å². The van der Waals surface area contributed by atoms with Gasteiger partial charge >= 0.3 is 11.9 Å². The summed E-state index contributed by atoms with van der Waals surface area (Å²) in [4.78, 5) is 61.5. The van der Waals surface area contributed by atoms with E-state index in [1.54, 1.807) is 12.3 Å². The molecule has 0 spiro atoms. The number of amides is 3. The highest BCUT2D eigenvalue weighted by Crippen LogP contribution is 2.27. The zero-order valence-electron chi connectivity index (χ0n) is 24.9. The molecule has 0 aliphatic carbocycles. The van der Waals surface area contributed by atoms with Crippen LogP contribution >= 0.6 is 0 Å². The summed E-state index contributed by atoms with van der Waals surface area (Å²) >= 11 is 0. The Kier molecular flexibility index (Phi) is 9.44. The second-order valence-electron chi connectivity index (χ2n) is 11.7. The van der Waals surface area contributed by atoms with Gasteiger partial charge in [-0.05, 0) is 64.9 Å². The van der Waals surface area contributed by atoms with E-state index in [1.807, 2.05) is 38.1 Å². The van der Waals surface area contributed by atoms with Gasteiger partial charge in [0.1, 0.15) is 30.7 Å². The van der Waals surface area contributed by atoms with Crippen LogP contribution in [0.5, 0.6) is 0 Å². The molecule has 0 saturated carbocycles. The number of amidine groups is 1. The molecule has 4 heterocycles. The van der Waals surface area contributed by atoms with E-state index >= 15 is 0 Å². The zero-order valence-corrected chi connectivity index (χ0v) is 24.9. The second-order valence-corrected chi connectivity index (χ2v) is 11.7. The fourth-order valence-electron chi connectivity index (χ4n) is 5.93. The Hall–Kier alpha value is -4.19. The summed E-state index contributed by atoms with van der Waals surface area (Å²) in [7, 11) is 1.25. The predicted molar refractivity (Wildman–Crippen MR) is 162 cm³/mol. The van der Waals surface area contributed by atoms with Crippen molar-refractivity contribution >= 4 is 40.3 Å². The molecule has 3 aliphatic heterocycles. The number of nitrogens with zero attached hydrogens (tertiary/aromatic N) is 4. The lowest BCUT2D eigenvalue weighted by Gasteiger charge is -2.30. The van der Waals surface area contributed by atoms with Gasteiger partial charge in [-0.2, -0.15) is 0 Å². The molecule has 12 heteroatoms. The van der Waals surface area contributed by atoms with Crippen molar-refractivity contribution in [3.8, 4) is 0 Å². The average molecular weight is 591 g/mol. The number of hydrogen-bond donors (Lipinski definition) is 3. The number of nitrogens with one attached hydrogen (secondary N) is 3. The summed E-state index contributed by atoms with van der Waals surface area (Å²) in [5.41, 5.74) is 1.05. The van der Waals surface area contributed by atoms with E-state index in [2.05, 4.69) is 36.7 Å². The number of ether oxygens (including phenoxy) is 1. The number of aliphatic imine (C=N–C) groups is 1. The molecule has 3 N–H and O–H groups in total. The van der Waals surface area contributed by atoms with Crippen LogP contribution in [0.15, 0.2) is 47.6 Å². The topological polar surface area (TPSA) is 145 Å². The van der Waals surface area contributed by atoms with E-state index in [0.717, 1.165) is 40.5 Å². The molecular weight excluding hydrogens is 550 g/mol. The Balaban J connectivity index is 1.21. The molecule has 0 bridgehead atoms. The standard InChI is InChI=1S/C31H39N7O5/c1-19(2)28(36-31(41)43-3)30(40)37-13-5-7-25(37)29(39)35-26-11-10-21(16-33-26)20-8-9-22-17-34-27(15-23(22)14-20)38(42)18-24-6-4-12-32-24/h8-11,14-15,17,19,21,24-25,28,32H,4-7,12-13,16,18H2,1-3H3,(H-,33,35,36,39,41)/p+1. The van der Waals surface area contributed by atoms with Crippen LogP contribution in [0.4, 0.5) is 10.6 Å². The van der Waals surface area contributed by atoms with E-state index in [-0.39, 0.29) is 29.7 Å². The minimum absolute atomic E-state index is 0.00784. The monoisotopic (exact) mass is 590 g/mol. The van der Waals surface area contributed by atoms with Crippen LogP contribution in [0.2, 0.25) is 0 Å². The zero-order chi connectivity index (χ0) is 30.5. The molecule has 2 fully saturated rings. The van der Waals surface area contributed by atoms with E-state index in [0.29, 0.717) is 44.1 Å². The van der Waals surface area contributed by atoms with Gasteiger partial charge < -0.3 is 25.6 Å². The third kappa shape index (κ3) is 7.07. The Bertz CT molecular complexity index is 1450. The molecule has 43 heavy (non-hydrogen) atoms. The molecule has 4 atom stereocenters. The highest BCUT2D eigenvalue weighted by molar-refractivity contribution is 6.07. The maximum absolute atomic E-state index is 13.3. The molecule has 1 aromatic carbocycles. The largest absolute Gasteiger partial charge is 0.453 e. The van der Waals surface area contributed by atoms with Gasteiger partial charge in [0, 0.05) is 30.0 Å². The van der Waals surface area contributed by atoms with Crippen molar-refractivity contribution in [1.29, 1.82) is 0 Å². The fourth-order valence-corrected chi connectivity index (χ4v) is 5.93. The number of rotatable bonds is 8. The van der Waals surface area contributed by atoms with Gasteiger partial charge in [-0.15, -0.1) is 0 Å². The molecular formula is C31H40N7O5+. The maximum atomic E-state index is 13.3. The first-order chi connectivity index (χ1) is 20.7. The SMILES string of the molecule is COC(=O)NC(C(=O)N1CCCC1C(=O)NC1=NCC(c2ccc3cnc([N+](=O)CC4CCCN4)cc3c2)C=C1)C(C)C. The van der Waals surface area contributed by atoms with Crippen molar-refractivity contribution in [2.24, 2.45) is 10.9 Å². The lowest BCUT2D eigenvalue weighted by Crippen LogP contribution is -2.55. The number of aromatic nitrogens is 1. The van der Waals surface area contributed by atoms with Crippen molar-refractivity contribution in [3.63, 3.8) is 0 Å². The molecule has 2 aromatic rings. The van der Waals surface area contributed by atoms with E-state index in [9.17, 15) is 19.3 Å². The first-order valence-electron chi connectivity index (χ1n) is 15.0. The van der Waals surface area contributed by atoms with Crippen LogP contribution in [-0.4, -0.2) is 89.8 Å². The van der Waals surface area contributed by atoms with Crippen LogP contribution in [0, 0.1) is 10.8 Å². The minimum atomic E-state index is -0.789. The number of fused-ring (bicyclic) bond motifs is 1. The minimum Gasteiger partial charge on any atom is -0.453 e. The van der Waals surface area contributed by atoms with Gasteiger partial charge in [0.05, 0.1) is 13.7 Å². The number of nitroso groups, excluding NO2 is 1. The van der Waals surface area contributed by atoms with Crippen LogP contribution < -0.4 is 16.0 Å². The molecule has 3 amide bonds. The Morgan fingerprint density at radius 2 is 2.00 bits per heavy atom. The number of dihydropyridines is 1. The normalized spacial score (nSPS) is 22.4. The molecule has 228 valence electrons. The second kappa shape index (κ2) is 13.4. The van der Waals surface area contributed by atoms with E-state index in [1.165, 1.54) is 12.0 Å². The summed E-state index contributed by atoms with van der Waals surface area (Å²) in [6.45, 7) is 5.88. The quantitative estimate of drug-likeness (QED) is 0.401. The molecule has 4 unspecified atom stereocenters. The smallest absolute Gasteiger partial charge is 0.407 e. The number of pyridine rings is 1. The number of carbonyl (C=O) groups excluding carboxylic acids is 3. The van der Waals surface area contributed by atoms with Crippen LogP contribution in [-0.2, 0) is 14.3 Å². The lowest BCUT2D eigenvalue weighted by atomic mass is 9.95. The highest BCUT2D eigenvalue weighted by Gasteiger charge is 2.39.